The predicted octanol–water partition coefficient (Wildman–Crippen LogP) is 4.31. The zero-order chi connectivity index (χ0) is 18.8. The topological polar surface area (TPSA) is 64.1 Å². The fourth-order valence-corrected chi connectivity index (χ4v) is 3.60. The Labute approximate surface area is 155 Å². The molecule has 5 nitrogen and oxygen atoms in total. The van der Waals surface area contributed by atoms with Crippen molar-refractivity contribution in [2.45, 2.75) is 64.5 Å². The van der Waals surface area contributed by atoms with E-state index >= 15 is 0 Å². The molecule has 1 unspecified atom stereocenters. The standard InChI is InChI=1S/C21H27N3O2/c1-5-21(24-19(25)26-20(2,3)4)10-9-15-7-6-8-17(18(15)11-21)16-12-22-14-23-13-16/h6-8,12-14H,5,9-11H2,1-4H3,(H,24,25). The van der Waals surface area contributed by atoms with Crippen LogP contribution in [0.3, 0.4) is 0 Å². The molecule has 3 rings (SSSR count). The molecule has 1 atom stereocenters. The number of carbonyl (C=O) groups excluding carboxylic acids is 1. The lowest BCUT2D eigenvalue weighted by Gasteiger charge is -2.39. The van der Waals surface area contributed by atoms with Crippen molar-refractivity contribution in [1.82, 2.24) is 15.3 Å². The van der Waals surface area contributed by atoms with Gasteiger partial charge >= 0.3 is 6.09 Å². The molecular formula is C21H27N3O2. The molecule has 5 heteroatoms. The second-order valence-electron chi connectivity index (χ2n) is 8.01. The van der Waals surface area contributed by atoms with Gasteiger partial charge in [0.15, 0.2) is 0 Å². The Morgan fingerprint density at radius 3 is 2.65 bits per heavy atom. The number of nitrogens with zero attached hydrogens (tertiary/aromatic N) is 2. The number of carbonyl (C=O) groups is 1. The molecular weight excluding hydrogens is 326 g/mol. The second-order valence-corrected chi connectivity index (χ2v) is 8.01. The molecule has 26 heavy (non-hydrogen) atoms. The van der Waals surface area contributed by atoms with Gasteiger partial charge in [-0.05, 0) is 63.1 Å². The number of nitrogens with one attached hydrogen (secondary N) is 1. The Balaban J connectivity index is 1.90. The van der Waals surface area contributed by atoms with Gasteiger partial charge in [-0.2, -0.15) is 0 Å². The van der Waals surface area contributed by atoms with E-state index in [2.05, 4.69) is 40.4 Å². The summed E-state index contributed by atoms with van der Waals surface area (Å²) in [6, 6.07) is 6.37. The normalized spacial score (nSPS) is 19.5. The summed E-state index contributed by atoms with van der Waals surface area (Å²) < 4.78 is 5.50. The maximum Gasteiger partial charge on any atom is 0.408 e. The molecule has 0 fully saturated rings. The van der Waals surface area contributed by atoms with Gasteiger partial charge in [0.1, 0.15) is 11.9 Å². The Kier molecular flexibility index (Phi) is 4.99. The minimum atomic E-state index is -0.502. The lowest BCUT2D eigenvalue weighted by Crippen LogP contribution is -2.53. The van der Waals surface area contributed by atoms with Crippen LogP contribution in [0.5, 0.6) is 0 Å². The quantitative estimate of drug-likeness (QED) is 0.893. The Morgan fingerprint density at radius 2 is 2.00 bits per heavy atom. The number of benzene rings is 1. The molecule has 0 aliphatic heterocycles. The number of hydrogen-bond donors (Lipinski definition) is 1. The lowest BCUT2D eigenvalue weighted by atomic mass is 9.74. The largest absolute Gasteiger partial charge is 0.444 e. The third kappa shape index (κ3) is 4.03. The minimum absolute atomic E-state index is 0.291. The molecule has 2 aromatic rings. The molecule has 1 aromatic heterocycles. The van der Waals surface area contributed by atoms with Gasteiger partial charge in [-0.3, -0.25) is 0 Å². The number of ether oxygens (including phenoxy) is 1. The summed E-state index contributed by atoms with van der Waals surface area (Å²) in [5.74, 6) is 0. The summed E-state index contributed by atoms with van der Waals surface area (Å²) in [7, 11) is 0. The second kappa shape index (κ2) is 7.06. The van der Waals surface area contributed by atoms with Gasteiger partial charge in [0.2, 0.25) is 0 Å². The molecule has 0 saturated carbocycles. The van der Waals surface area contributed by atoms with Gasteiger partial charge in [0, 0.05) is 23.5 Å². The summed E-state index contributed by atoms with van der Waals surface area (Å²) in [4.78, 5) is 20.7. The summed E-state index contributed by atoms with van der Waals surface area (Å²) >= 11 is 0. The highest BCUT2D eigenvalue weighted by molar-refractivity contribution is 5.71. The third-order valence-electron chi connectivity index (χ3n) is 4.98. The number of hydrogen-bond acceptors (Lipinski definition) is 4. The van der Waals surface area contributed by atoms with Crippen LogP contribution in [0.15, 0.2) is 36.9 Å². The molecule has 1 N–H and O–H groups in total. The van der Waals surface area contributed by atoms with Gasteiger partial charge in [0.25, 0.3) is 0 Å². The van der Waals surface area contributed by atoms with Gasteiger partial charge in [-0.15, -0.1) is 0 Å². The number of aryl methyl sites for hydroxylation is 1. The van der Waals surface area contributed by atoms with Crippen molar-refractivity contribution in [2.24, 2.45) is 0 Å². The summed E-state index contributed by atoms with van der Waals surface area (Å²) in [5.41, 5.74) is 3.96. The highest BCUT2D eigenvalue weighted by atomic mass is 16.6. The van der Waals surface area contributed by atoms with Crippen molar-refractivity contribution < 1.29 is 9.53 Å². The fourth-order valence-electron chi connectivity index (χ4n) is 3.60. The number of fused-ring (bicyclic) bond motifs is 1. The van der Waals surface area contributed by atoms with E-state index in [1.54, 1.807) is 6.33 Å². The third-order valence-corrected chi connectivity index (χ3v) is 4.98. The first-order valence-electron chi connectivity index (χ1n) is 9.19. The van der Waals surface area contributed by atoms with Crippen molar-refractivity contribution in [1.29, 1.82) is 0 Å². The van der Waals surface area contributed by atoms with Crippen molar-refractivity contribution in [2.75, 3.05) is 0 Å². The number of amides is 1. The number of rotatable bonds is 3. The monoisotopic (exact) mass is 353 g/mol. The van der Waals surface area contributed by atoms with E-state index in [1.165, 1.54) is 11.1 Å². The number of alkyl carbamates (subject to hydrolysis) is 1. The smallest absolute Gasteiger partial charge is 0.408 e. The molecule has 0 radical (unpaired) electrons. The maximum atomic E-state index is 12.4. The van der Waals surface area contributed by atoms with E-state index < -0.39 is 5.60 Å². The first-order chi connectivity index (χ1) is 12.3. The van der Waals surface area contributed by atoms with Gasteiger partial charge in [-0.25, -0.2) is 14.8 Å². The lowest BCUT2D eigenvalue weighted by molar-refractivity contribution is 0.0439. The zero-order valence-electron chi connectivity index (χ0n) is 16.0. The molecule has 0 bridgehead atoms. The zero-order valence-corrected chi connectivity index (χ0v) is 16.0. The van der Waals surface area contributed by atoms with Crippen LogP contribution in [-0.4, -0.2) is 27.2 Å². The van der Waals surface area contributed by atoms with Crippen molar-refractivity contribution >= 4 is 6.09 Å². The first-order valence-corrected chi connectivity index (χ1v) is 9.19. The summed E-state index contributed by atoms with van der Waals surface area (Å²) in [5, 5.41) is 3.17. The molecule has 1 aliphatic carbocycles. The molecule has 1 aliphatic rings. The van der Waals surface area contributed by atoms with Crippen LogP contribution in [0.25, 0.3) is 11.1 Å². The highest BCUT2D eigenvalue weighted by Gasteiger charge is 2.36. The SMILES string of the molecule is CCC1(NC(=O)OC(C)(C)C)CCc2cccc(-c3cncnc3)c2C1. The molecule has 1 heterocycles. The molecule has 1 aromatic carbocycles. The van der Waals surface area contributed by atoms with Crippen LogP contribution in [0.4, 0.5) is 4.79 Å². The van der Waals surface area contributed by atoms with Gasteiger partial charge in [0.05, 0.1) is 0 Å². The average Bonchev–Trinajstić information content (AvgIpc) is 2.60. The van der Waals surface area contributed by atoms with Crippen LogP contribution < -0.4 is 5.32 Å². The molecule has 0 spiro atoms. The van der Waals surface area contributed by atoms with E-state index in [4.69, 9.17) is 4.74 Å². The Hall–Kier alpha value is -2.43. The van der Waals surface area contributed by atoms with E-state index in [0.717, 1.165) is 36.8 Å². The predicted molar refractivity (Wildman–Crippen MR) is 102 cm³/mol. The Morgan fingerprint density at radius 1 is 1.27 bits per heavy atom. The maximum absolute atomic E-state index is 12.4. The molecule has 0 saturated heterocycles. The van der Waals surface area contributed by atoms with E-state index in [0.29, 0.717) is 0 Å². The molecule has 138 valence electrons. The average molecular weight is 353 g/mol. The van der Waals surface area contributed by atoms with Gasteiger partial charge in [-0.1, -0.05) is 25.1 Å². The minimum Gasteiger partial charge on any atom is -0.444 e. The first kappa shape index (κ1) is 18.4. The van der Waals surface area contributed by atoms with Crippen molar-refractivity contribution in [3.63, 3.8) is 0 Å². The highest BCUT2D eigenvalue weighted by Crippen LogP contribution is 2.36. The summed E-state index contributed by atoms with van der Waals surface area (Å²) in [6.07, 6.45) is 8.35. The van der Waals surface area contributed by atoms with Gasteiger partial charge < -0.3 is 10.1 Å². The van der Waals surface area contributed by atoms with E-state index in [1.807, 2.05) is 33.2 Å². The Bertz CT molecular complexity index is 784. The van der Waals surface area contributed by atoms with E-state index in [-0.39, 0.29) is 11.6 Å². The van der Waals surface area contributed by atoms with Crippen LogP contribution in [0.1, 0.15) is 51.7 Å². The molecule has 1 amide bonds. The van der Waals surface area contributed by atoms with Crippen LogP contribution >= 0.6 is 0 Å². The number of aromatic nitrogens is 2. The van der Waals surface area contributed by atoms with Crippen molar-refractivity contribution in [3.8, 4) is 11.1 Å². The summed E-state index contributed by atoms with van der Waals surface area (Å²) in [6.45, 7) is 7.77. The van der Waals surface area contributed by atoms with Crippen LogP contribution in [0.2, 0.25) is 0 Å². The fraction of sp³-hybridized carbons (Fsp3) is 0.476. The van der Waals surface area contributed by atoms with Crippen LogP contribution in [-0.2, 0) is 17.6 Å². The van der Waals surface area contributed by atoms with Crippen molar-refractivity contribution in [3.05, 3.63) is 48.0 Å². The van der Waals surface area contributed by atoms with E-state index in [9.17, 15) is 4.79 Å². The van der Waals surface area contributed by atoms with Crippen LogP contribution in [0, 0.1) is 0 Å².